The lowest BCUT2D eigenvalue weighted by atomic mass is 9.78. The Morgan fingerprint density at radius 3 is 2.70 bits per heavy atom. The second-order valence-electron chi connectivity index (χ2n) is 6.73. The van der Waals surface area contributed by atoms with Gasteiger partial charge < -0.3 is 9.84 Å². The second kappa shape index (κ2) is 7.26. The monoisotopic (exact) mass is 366 g/mol. The summed E-state index contributed by atoms with van der Waals surface area (Å²) >= 11 is 0. The molecule has 1 amide bonds. The van der Waals surface area contributed by atoms with E-state index in [1.54, 1.807) is 30.6 Å². The third kappa shape index (κ3) is 3.45. The van der Waals surface area contributed by atoms with E-state index in [1.807, 2.05) is 6.07 Å². The van der Waals surface area contributed by atoms with E-state index in [4.69, 9.17) is 4.52 Å². The molecule has 138 valence electrons. The van der Waals surface area contributed by atoms with E-state index in [-0.39, 0.29) is 18.3 Å². The molecule has 0 unspecified atom stereocenters. The molecule has 1 N–H and O–H groups in total. The van der Waals surface area contributed by atoms with Crippen LogP contribution in [0.1, 0.15) is 37.1 Å². The van der Waals surface area contributed by atoms with Gasteiger partial charge in [0.15, 0.2) is 0 Å². The molecule has 1 aliphatic carbocycles. The van der Waals surface area contributed by atoms with Gasteiger partial charge in [-0.15, -0.1) is 0 Å². The minimum absolute atomic E-state index is 0.130. The summed E-state index contributed by atoms with van der Waals surface area (Å²) in [7, 11) is 0. The predicted molar refractivity (Wildman–Crippen MR) is 95.9 cm³/mol. The predicted octanol–water partition coefficient (Wildman–Crippen LogP) is 3.40. The maximum absolute atomic E-state index is 13.7. The number of amides is 1. The number of rotatable bonds is 5. The van der Waals surface area contributed by atoms with E-state index in [9.17, 15) is 9.18 Å². The first kappa shape index (κ1) is 17.3. The van der Waals surface area contributed by atoms with Crippen LogP contribution >= 0.6 is 0 Å². The Hall–Kier alpha value is -3.09. The highest BCUT2D eigenvalue weighted by molar-refractivity contribution is 5.88. The smallest absolute Gasteiger partial charge is 0.246 e. The molecule has 27 heavy (non-hydrogen) atoms. The van der Waals surface area contributed by atoms with E-state index in [0.29, 0.717) is 24.6 Å². The summed E-state index contributed by atoms with van der Waals surface area (Å²) in [5.41, 5.74) is 0.814. The topological polar surface area (TPSA) is 80.9 Å². The highest BCUT2D eigenvalue weighted by Gasteiger charge is 2.42. The summed E-state index contributed by atoms with van der Waals surface area (Å²) < 4.78 is 18.9. The molecule has 0 aliphatic heterocycles. The Labute approximate surface area is 155 Å². The van der Waals surface area contributed by atoms with Crippen LogP contribution in [0.2, 0.25) is 0 Å². The Kier molecular flexibility index (Phi) is 4.66. The van der Waals surface area contributed by atoms with Gasteiger partial charge in [0.05, 0.1) is 12.0 Å². The van der Waals surface area contributed by atoms with Crippen molar-refractivity contribution in [1.82, 2.24) is 20.4 Å². The second-order valence-corrected chi connectivity index (χ2v) is 6.73. The first-order valence-corrected chi connectivity index (χ1v) is 8.95. The molecule has 2 heterocycles. The zero-order valence-electron chi connectivity index (χ0n) is 14.7. The number of carbonyl (C=O) groups excluding carboxylic acids is 1. The van der Waals surface area contributed by atoms with Gasteiger partial charge in [0, 0.05) is 18.0 Å². The largest absolute Gasteiger partial charge is 0.346 e. The third-order valence-corrected chi connectivity index (χ3v) is 5.08. The van der Waals surface area contributed by atoms with Crippen molar-refractivity contribution in [3.8, 4) is 11.4 Å². The maximum atomic E-state index is 13.7. The molecule has 0 saturated heterocycles. The quantitative estimate of drug-likeness (QED) is 0.748. The fourth-order valence-corrected chi connectivity index (χ4v) is 3.68. The van der Waals surface area contributed by atoms with Gasteiger partial charge >= 0.3 is 0 Å². The van der Waals surface area contributed by atoms with Gasteiger partial charge in [-0.3, -0.25) is 9.78 Å². The van der Waals surface area contributed by atoms with Crippen LogP contribution in [0.4, 0.5) is 4.39 Å². The van der Waals surface area contributed by atoms with E-state index >= 15 is 0 Å². The van der Waals surface area contributed by atoms with Gasteiger partial charge in [-0.1, -0.05) is 30.1 Å². The number of nitrogens with one attached hydrogen (secondary N) is 1. The van der Waals surface area contributed by atoms with Gasteiger partial charge in [-0.2, -0.15) is 4.98 Å². The average molecular weight is 366 g/mol. The highest BCUT2D eigenvalue weighted by Crippen LogP contribution is 2.41. The van der Waals surface area contributed by atoms with Crippen LogP contribution in [0, 0.1) is 5.82 Å². The van der Waals surface area contributed by atoms with Crippen molar-refractivity contribution in [1.29, 1.82) is 0 Å². The standard InChI is InChI=1S/C20H19FN4O2/c21-16-5-3-4-15(12-16)20(8-1-2-9-20)19(26)23-13-17-24-18(25-27-17)14-6-10-22-11-7-14/h3-7,10-12H,1-2,8-9,13H2,(H,23,26). The molecule has 2 aromatic heterocycles. The number of benzene rings is 1. The Bertz CT molecular complexity index is 936. The fourth-order valence-electron chi connectivity index (χ4n) is 3.68. The van der Waals surface area contributed by atoms with Crippen molar-refractivity contribution in [2.24, 2.45) is 0 Å². The number of hydrogen-bond donors (Lipinski definition) is 1. The molecule has 0 bridgehead atoms. The van der Waals surface area contributed by atoms with Crippen LogP contribution in [0.5, 0.6) is 0 Å². The van der Waals surface area contributed by atoms with Crippen LogP contribution in [0.3, 0.4) is 0 Å². The van der Waals surface area contributed by atoms with E-state index in [1.165, 1.54) is 12.1 Å². The van der Waals surface area contributed by atoms with Crippen molar-refractivity contribution in [3.05, 3.63) is 66.1 Å². The summed E-state index contributed by atoms with van der Waals surface area (Å²) in [6.07, 6.45) is 6.59. The van der Waals surface area contributed by atoms with E-state index in [2.05, 4.69) is 20.4 Å². The van der Waals surface area contributed by atoms with E-state index in [0.717, 1.165) is 24.0 Å². The van der Waals surface area contributed by atoms with Crippen molar-refractivity contribution < 1.29 is 13.7 Å². The van der Waals surface area contributed by atoms with Crippen molar-refractivity contribution in [3.63, 3.8) is 0 Å². The Balaban J connectivity index is 1.49. The molecule has 4 rings (SSSR count). The first-order valence-electron chi connectivity index (χ1n) is 8.95. The number of pyridine rings is 1. The summed E-state index contributed by atoms with van der Waals surface area (Å²) in [6.45, 7) is 0.133. The zero-order chi connectivity index (χ0) is 18.7. The molecular formula is C20H19FN4O2. The minimum Gasteiger partial charge on any atom is -0.346 e. The lowest BCUT2D eigenvalue weighted by molar-refractivity contribution is -0.127. The van der Waals surface area contributed by atoms with Crippen LogP contribution in [-0.2, 0) is 16.8 Å². The average Bonchev–Trinajstić information content (AvgIpc) is 3.37. The van der Waals surface area contributed by atoms with Gasteiger partial charge in [-0.05, 0) is 42.7 Å². The maximum Gasteiger partial charge on any atom is 0.246 e. The van der Waals surface area contributed by atoms with Gasteiger partial charge in [0.2, 0.25) is 17.6 Å². The lowest BCUT2D eigenvalue weighted by Crippen LogP contribution is -2.42. The normalized spacial score (nSPS) is 15.6. The van der Waals surface area contributed by atoms with Gasteiger partial charge in [-0.25, -0.2) is 4.39 Å². The molecular weight excluding hydrogens is 347 g/mol. The summed E-state index contributed by atoms with van der Waals surface area (Å²) in [6, 6.07) is 9.89. The first-order chi connectivity index (χ1) is 13.2. The summed E-state index contributed by atoms with van der Waals surface area (Å²) in [5, 5.41) is 6.83. The number of carbonyl (C=O) groups is 1. The molecule has 0 spiro atoms. The third-order valence-electron chi connectivity index (χ3n) is 5.08. The molecule has 7 heteroatoms. The number of nitrogens with zero attached hydrogens (tertiary/aromatic N) is 3. The molecule has 1 aromatic carbocycles. The van der Waals surface area contributed by atoms with Crippen molar-refractivity contribution in [2.75, 3.05) is 0 Å². The minimum atomic E-state index is -0.698. The highest BCUT2D eigenvalue weighted by atomic mass is 19.1. The van der Waals surface area contributed by atoms with Crippen LogP contribution < -0.4 is 5.32 Å². The Morgan fingerprint density at radius 1 is 1.19 bits per heavy atom. The Morgan fingerprint density at radius 2 is 1.96 bits per heavy atom. The van der Waals surface area contributed by atoms with Crippen LogP contribution in [-0.4, -0.2) is 21.0 Å². The molecule has 3 aromatic rings. The van der Waals surface area contributed by atoms with Crippen molar-refractivity contribution >= 4 is 5.91 Å². The number of halogens is 1. The summed E-state index contributed by atoms with van der Waals surface area (Å²) in [5.74, 6) is 0.310. The molecule has 1 fully saturated rings. The van der Waals surface area contributed by atoms with Crippen LogP contribution in [0.15, 0.2) is 53.3 Å². The number of hydrogen-bond acceptors (Lipinski definition) is 5. The summed E-state index contributed by atoms with van der Waals surface area (Å²) in [4.78, 5) is 21.3. The molecule has 1 aliphatic rings. The SMILES string of the molecule is O=C(NCc1nc(-c2ccncc2)no1)C1(c2cccc(F)c2)CCCC1. The van der Waals surface area contributed by atoms with Crippen molar-refractivity contribution in [2.45, 2.75) is 37.6 Å². The molecule has 0 atom stereocenters. The van der Waals surface area contributed by atoms with Crippen LogP contribution in [0.25, 0.3) is 11.4 Å². The molecule has 1 saturated carbocycles. The molecule has 6 nitrogen and oxygen atoms in total. The van der Waals surface area contributed by atoms with Gasteiger partial charge in [0.25, 0.3) is 0 Å². The van der Waals surface area contributed by atoms with E-state index < -0.39 is 5.41 Å². The van der Waals surface area contributed by atoms with Gasteiger partial charge in [0.1, 0.15) is 5.82 Å². The zero-order valence-corrected chi connectivity index (χ0v) is 14.7. The molecule has 0 radical (unpaired) electrons. The lowest BCUT2D eigenvalue weighted by Gasteiger charge is -2.28. The fraction of sp³-hybridized carbons (Fsp3) is 0.300. The number of aromatic nitrogens is 3.